The van der Waals surface area contributed by atoms with Gasteiger partial charge in [0.05, 0.1) is 12.1 Å². The molecule has 0 spiro atoms. The lowest BCUT2D eigenvalue weighted by Gasteiger charge is -2.17. The van der Waals surface area contributed by atoms with Crippen molar-refractivity contribution in [2.75, 3.05) is 26.2 Å². The van der Waals surface area contributed by atoms with Crippen molar-refractivity contribution >= 4 is 21.8 Å². The summed E-state index contributed by atoms with van der Waals surface area (Å²) >= 11 is 0. The number of rotatable bonds is 7. The van der Waals surface area contributed by atoms with E-state index in [9.17, 15) is 4.79 Å². The zero-order valence-corrected chi connectivity index (χ0v) is 14.3. The van der Waals surface area contributed by atoms with E-state index in [4.69, 9.17) is 4.74 Å². The van der Waals surface area contributed by atoms with Gasteiger partial charge in [-0.15, -0.1) is 0 Å². The highest BCUT2D eigenvalue weighted by Gasteiger charge is 2.06. The molecule has 4 nitrogen and oxygen atoms in total. The zero-order chi connectivity index (χ0) is 16.9. The predicted octanol–water partition coefficient (Wildman–Crippen LogP) is 3.79. The van der Waals surface area contributed by atoms with Gasteiger partial charge in [-0.3, -0.25) is 4.79 Å². The Morgan fingerprint density at radius 1 is 1.00 bits per heavy atom. The Hall–Kier alpha value is -2.33. The Balaban J connectivity index is 1.76. The highest BCUT2D eigenvalue weighted by Crippen LogP contribution is 2.20. The second-order valence-electron chi connectivity index (χ2n) is 5.94. The fourth-order valence-electron chi connectivity index (χ4n) is 3.01. The summed E-state index contributed by atoms with van der Waals surface area (Å²) in [7, 11) is 0. The molecule has 0 aliphatic heterocycles. The van der Waals surface area contributed by atoms with E-state index in [1.54, 1.807) is 0 Å². The second-order valence-corrected chi connectivity index (χ2v) is 5.94. The van der Waals surface area contributed by atoms with Gasteiger partial charge in [0.15, 0.2) is 5.43 Å². The Kier molecular flexibility index (Phi) is 5.16. The molecule has 0 fully saturated rings. The summed E-state index contributed by atoms with van der Waals surface area (Å²) in [6.45, 7) is 8.21. The number of aromatic amines is 1. The molecule has 2 aromatic carbocycles. The first kappa shape index (κ1) is 16.5. The minimum absolute atomic E-state index is 0.0624. The summed E-state index contributed by atoms with van der Waals surface area (Å²) in [5, 5.41) is 1.42. The summed E-state index contributed by atoms with van der Waals surface area (Å²) in [4.78, 5) is 18.2. The topological polar surface area (TPSA) is 45.3 Å². The van der Waals surface area contributed by atoms with Crippen LogP contribution >= 0.6 is 0 Å². The Morgan fingerprint density at radius 3 is 2.54 bits per heavy atom. The molecule has 0 radical (unpaired) electrons. The lowest BCUT2D eigenvalue weighted by atomic mass is 10.1. The van der Waals surface area contributed by atoms with Crippen molar-refractivity contribution in [1.82, 2.24) is 9.88 Å². The molecule has 24 heavy (non-hydrogen) atoms. The van der Waals surface area contributed by atoms with E-state index in [0.717, 1.165) is 48.2 Å². The molecule has 0 unspecified atom stereocenters. The number of hydrogen-bond donors (Lipinski definition) is 1. The molecule has 1 N–H and O–H groups in total. The number of fused-ring (bicyclic) bond motifs is 2. The molecular formula is C20H24N2O2. The zero-order valence-electron chi connectivity index (χ0n) is 14.3. The lowest BCUT2D eigenvalue weighted by molar-refractivity contribution is 0.249. The molecule has 0 bridgehead atoms. The van der Waals surface area contributed by atoms with Gasteiger partial charge in [-0.05, 0) is 43.8 Å². The fraction of sp³-hybridized carbons (Fsp3) is 0.350. The molecule has 0 aliphatic carbocycles. The molecule has 4 heteroatoms. The number of aromatic nitrogens is 1. The van der Waals surface area contributed by atoms with Crippen LogP contribution in [-0.2, 0) is 0 Å². The number of pyridine rings is 1. The number of para-hydroxylation sites is 1. The van der Waals surface area contributed by atoms with Crippen molar-refractivity contribution in [3.8, 4) is 5.75 Å². The number of ether oxygens (including phenoxy) is 1. The van der Waals surface area contributed by atoms with Gasteiger partial charge in [0.1, 0.15) is 5.75 Å². The quantitative estimate of drug-likeness (QED) is 0.531. The van der Waals surface area contributed by atoms with Gasteiger partial charge in [0.2, 0.25) is 0 Å². The smallest absolute Gasteiger partial charge is 0.197 e. The Labute approximate surface area is 142 Å². The first-order valence-corrected chi connectivity index (χ1v) is 8.63. The highest BCUT2D eigenvalue weighted by atomic mass is 16.5. The van der Waals surface area contributed by atoms with Crippen molar-refractivity contribution in [3.63, 3.8) is 0 Å². The van der Waals surface area contributed by atoms with E-state index in [1.165, 1.54) is 0 Å². The Morgan fingerprint density at radius 2 is 1.75 bits per heavy atom. The van der Waals surface area contributed by atoms with E-state index in [-0.39, 0.29) is 5.43 Å². The van der Waals surface area contributed by atoms with E-state index in [1.807, 2.05) is 42.5 Å². The molecule has 1 heterocycles. The van der Waals surface area contributed by atoms with Gasteiger partial charge in [-0.1, -0.05) is 26.0 Å². The van der Waals surface area contributed by atoms with Crippen molar-refractivity contribution in [2.24, 2.45) is 0 Å². The first-order valence-electron chi connectivity index (χ1n) is 8.63. The largest absolute Gasteiger partial charge is 0.493 e. The number of hydrogen-bond acceptors (Lipinski definition) is 3. The van der Waals surface area contributed by atoms with Crippen LogP contribution in [0.2, 0.25) is 0 Å². The van der Waals surface area contributed by atoms with Crippen molar-refractivity contribution in [3.05, 3.63) is 52.7 Å². The van der Waals surface area contributed by atoms with Crippen molar-refractivity contribution in [2.45, 2.75) is 20.3 Å². The maximum Gasteiger partial charge on any atom is 0.197 e. The molecule has 3 rings (SSSR count). The minimum atomic E-state index is 0.0624. The van der Waals surface area contributed by atoms with Crippen LogP contribution in [0.15, 0.2) is 47.3 Å². The molecule has 0 saturated carbocycles. The molecule has 0 amide bonds. The standard InChI is InChI=1S/C20H24N2O2/c1-3-22(4-2)12-7-13-24-15-10-11-17-19(14-15)21-18-9-6-5-8-16(18)20(17)23/h5-6,8-11,14H,3-4,7,12-13H2,1-2H3,(H,21,23). The maximum absolute atomic E-state index is 12.5. The number of benzene rings is 2. The van der Waals surface area contributed by atoms with Gasteiger partial charge >= 0.3 is 0 Å². The van der Waals surface area contributed by atoms with E-state index in [2.05, 4.69) is 23.7 Å². The van der Waals surface area contributed by atoms with Gasteiger partial charge in [-0.25, -0.2) is 0 Å². The summed E-state index contributed by atoms with van der Waals surface area (Å²) in [5.41, 5.74) is 1.74. The fourth-order valence-corrected chi connectivity index (χ4v) is 3.01. The number of nitrogens with one attached hydrogen (secondary N) is 1. The molecule has 3 aromatic rings. The monoisotopic (exact) mass is 324 g/mol. The van der Waals surface area contributed by atoms with Crippen LogP contribution < -0.4 is 10.2 Å². The third kappa shape index (κ3) is 3.44. The molecule has 0 atom stereocenters. The molecule has 1 aromatic heterocycles. The van der Waals surface area contributed by atoms with Crippen LogP contribution in [0, 0.1) is 0 Å². The van der Waals surface area contributed by atoms with Crippen LogP contribution in [0.4, 0.5) is 0 Å². The SMILES string of the molecule is CCN(CC)CCCOc1ccc2c(=O)c3ccccc3[nH]c2c1. The van der Waals surface area contributed by atoms with Crippen LogP contribution in [0.1, 0.15) is 20.3 Å². The second kappa shape index (κ2) is 7.49. The van der Waals surface area contributed by atoms with Crippen LogP contribution in [0.5, 0.6) is 5.75 Å². The van der Waals surface area contributed by atoms with Gasteiger partial charge in [0, 0.05) is 28.9 Å². The molecule has 0 saturated heterocycles. The normalized spacial score (nSPS) is 11.5. The summed E-state index contributed by atoms with van der Waals surface area (Å²) in [5.74, 6) is 0.799. The maximum atomic E-state index is 12.5. The van der Waals surface area contributed by atoms with E-state index >= 15 is 0 Å². The third-order valence-electron chi connectivity index (χ3n) is 4.46. The average Bonchev–Trinajstić information content (AvgIpc) is 2.62. The highest BCUT2D eigenvalue weighted by molar-refractivity contribution is 5.92. The molecule has 126 valence electrons. The molecular weight excluding hydrogens is 300 g/mol. The first-order chi connectivity index (χ1) is 11.7. The van der Waals surface area contributed by atoms with E-state index < -0.39 is 0 Å². The van der Waals surface area contributed by atoms with Gasteiger partial charge < -0.3 is 14.6 Å². The van der Waals surface area contributed by atoms with E-state index in [0.29, 0.717) is 12.0 Å². The predicted molar refractivity (Wildman–Crippen MR) is 100.0 cm³/mol. The Bertz CT molecular complexity index is 882. The van der Waals surface area contributed by atoms with Crippen LogP contribution in [0.3, 0.4) is 0 Å². The molecule has 0 aliphatic rings. The van der Waals surface area contributed by atoms with Crippen molar-refractivity contribution in [1.29, 1.82) is 0 Å². The van der Waals surface area contributed by atoms with Crippen molar-refractivity contribution < 1.29 is 4.74 Å². The summed E-state index contributed by atoms with van der Waals surface area (Å²) in [6, 6.07) is 13.2. The average molecular weight is 324 g/mol. The summed E-state index contributed by atoms with van der Waals surface area (Å²) < 4.78 is 5.86. The van der Waals surface area contributed by atoms with Crippen LogP contribution in [-0.4, -0.2) is 36.1 Å². The van der Waals surface area contributed by atoms with Gasteiger partial charge in [-0.2, -0.15) is 0 Å². The van der Waals surface area contributed by atoms with Gasteiger partial charge in [0.25, 0.3) is 0 Å². The summed E-state index contributed by atoms with van der Waals surface area (Å²) in [6.07, 6.45) is 0.994. The third-order valence-corrected chi connectivity index (χ3v) is 4.46. The minimum Gasteiger partial charge on any atom is -0.493 e. The van der Waals surface area contributed by atoms with Crippen LogP contribution in [0.25, 0.3) is 21.8 Å². The number of H-pyrrole nitrogens is 1. The lowest BCUT2D eigenvalue weighted by Crippen LogP contribution is -2.25. The number of nitrogens with zero attached hydrogens (tertiary/aromatic N) is 1.